The Kier molecular flexibility index (Phi) is 5.22. The minimum absolute atomic E-state index is 0.0436. The number of aromatic nitrogens is 1. The lowest BCUT2D eigenvalue weighted by atomic mass is 10.2. The van der Waals surface area contributed by atoms with Gasteiger partial charge in [0.15, 0.2) is 5.78 Å². The topological polar surface area (TPSA) is 30.0 Å². The van der Waals surface area contributed by atoms with Crippen LogP contribution in [0.4, 0.5) is 0 Å². The van der Waals surface area contributed by atoms with Crippen LogP contribution in [0.1, 0.15) is 10.4 Å². The lowest BCUT2D eigenvalue weighted by Gasteiger charge is -1.99. The molecule has 0 atom stereocenters. The van der Waals surface area contributed by atoms with Crippen molar-refractivity contribution in [2.75, 3.05) is 12.5 Å². The summed E-state index contributed by atoms with van der Waals surface area (Å²) in [5.74, 6) is -0.0436. The van der Waals surface area contributed by atoms with E-state index in [-0.39, 0.29) is 5.78 Å². The number of carbonyl (C=O) groups is 1. The molecule has 0 saturated heterocycles. The molecular formula is C10H10ClNOS2. The molecule has 15 heavy (non-hydrogen) atoms. The molecule has 0 aliphatic rings. The first-order chi connectivity index (χ1) is 7.17. The number of nitrogens with zero attached hydrogens (tertiary/aromatic N) is 1. The van der Waals surface area contributed by atoms with Gasteiger partial charge in [-0.2, -0.15) is 0 Å². The summed E-state index contributed by atoms with van der Waals surface area (Å²) in [4.78, 5) is 15.6. The fourth-order valence-corrected chi connectivity index (χ4v) is 2.14. The summed E-state index contributed by atoms with van der Waals surface area (Å²) < 4.78 is 0.981. The Morgan fingerprint density at radius 2 is 2.07 bits per heavy atom. The van der Waals surface area contributed by atoms with Crippen LogP contribution in [0, 0.1) is 0 Å². The molecule has 0 N–H and O–H groups in total. The van der Waals surface area contributed by atoms with Crippen molar-refractivity contribution in [3.8, 4) is 0 Å². The van der Waals surface area contributed by atoms with E-state index in [1.54, 1.807) is 41.7 Å². The molecule has 0 unspecified atom stereocenters. The fourth-order valence-electron chi connectivity index (χ4n) is 0.913. The van der Waals surface area contributed by atoms with Gasteiger partial charge < -0.3 is 0 Å². The second-order valence-electron chi connectivity index (χ2n) is 2.61. The summed E-state index contributed by atoms with van der Waals surface area (Å²) in [6.45, 7) is 0. The molecule has 0 amide bonds. The van der Waals surface area contributed by atoms with E-state index in [1.165, 1.54) is 6.20 Å². The van der Waals surface area contributed by atoms with Crippen LogP contribution >= 0.6 is 35.1 Å². The van der Waals surface area contributed by atoms with E-state index in [0.717, 1.165) is 4.24 Å². The Hall–Kier alpha value is -0.450. The Balaban J connectivity index is 2.85. The molecule has 1 heterocycles. The number of hydrogen-bond acceptors (Lipinski definition) is 4. The first kappa shape index (κ1) is 12.6. The number of ketones is 1. The minimum atomic E-state index is -0.0436. The molecule has 1 aromatic heterocycles. The molecule has 0 aromatic carbocycles. The van der Waals surface area contributed by atoms with Crippen LogP contribution in [-0.2, 0) is 0 Å². The van der Waals surface area contributed by atoms with Gasteiger partial charge in [0.25, 0.3) is 0 Å². The van der Waals surface area contributed by atoms with Crippen LogP contribution in [0.25, 0.3) is 0 Å². The van der Waals surface area contributed by atoms with Gasteiger partial charge in [-0.3, -0.25) is 4.79 Å². The number of carbonyl (C=O) groups excluding carboxylic acids is 1. The third-order valence-electron chi connectivity index (χ3n) is 1.66. The highest BCUT2D eigenvalue weighted by molar-refractivity contribution is 8.21. The molecule has 5 heteroatoms. The average Bonchev–Trinajstić information content (AvgIpc) is 2.26. The number of thioether (sulfide) groups is 2. The van der Waals surface area contributed by atoms with Gasteiger partial charge in [-0.15, -0.1) is 23.5 Å². The molecule has 0 saturated carbocycles. The Bertz CT molecular complexity index is 370. The van der Waals surface area contributed by atoms with Crippen molar-refractivity contribution in [1.82, 2.24) is 4.98 Å². The Morgan fingerprint density at radius 1 is 1.40 bits per heavy atom. The zero-order valence-corrected chi connectivity index (χ0v) is 10.7. The standard InChI is InChI=1S/C10H10ClNOS2/c1-14-10(15-2)5-8(13)7-3-4-9(11)12-6-7/h3-6H,1-2H3. The van der Waals surface area contributed by atoms with Crippen LogP contribution in [-0.4, -0.2) is 23.3 Å². The van der Waals surface area contributed by atoms with Crippen LogP contribution in [0.5, 0.6) is 0 Å². The van der Waals surface area contributed by atoms with Crippen LogP contribution in [0.15, 0.2) is 28.6 Å². The maximum Gasteiger partial charge on any atom is 0.189 e. The summed E-state index contributed by atoms with van der Waals surface area (Å²) in [6, 6.07) is 3.28. The van der Waals surface area contributed by atoms with E-state index in [1.807, 2.05) is 12.5 Å². The van der Waals surface area contributed by atoms with Gasteiger partial charge in [0.1, 0.15) is 5.15 Å². The summed E-state index contributed by atoms with van der Waals surface area (Å²) in [6.07, 6.45) is 6.98. The second kappa shape index (κ2) is 6.20. The zero-order valence-electron chi connectivity index (χ0n) is 8.36. The van der Waals surface area contributed by atoms with E-state index in [9.17, 15) is 4.79 Å². The van der Waals surface area contributed by atoms with Gasteiger partial charge in [0.2, 0.25) is 0 Å². The molecule has 1 aromatic rings. The largest absolute Gasteiger partial charge is 0.289 e. The molecule has 2 nitrogen and oxygen atoms in total. The van der Waals surface area contributed by atoms with Crippen molar-refractivity contribution >= 4 is 40.9 Å². The normalized spacial score (nSPS) is 9.80. The average molecular weight is 260 g/mol. The first-order valence-corrected chi connectivity index (χ1v) is 6.95. The van der Waals surface area contributed by atoms with Crippen molar-refractivity contribution in [3.05, 3.63) is 39.4 Å². The molecule has 0 fully saturated rings. The lowest BCUT2D eigenvalue weighted by Crippen LogP contribution is -1.95. The van der Waals surface area contributed by atoms with E-state index in [2.05, 4.69) is 4.98 Å². The number of halogens is 1. The smallest absolute Gasteiger partial charge is 0.189 e. The highest BCUT2D eigenvalue weighted by atomic mass is 35.5. The van der Waals surface area contributed by atoms with Crippen LogP contribution in [0.3, 0.4) is 0 Å². The van der Waals surface area contributed by atoms with Crippen molar-refractivity contribution in [2.45, 2.75) is 0 Å². The molecule has 0 radical (unpaired) electrons. The highest BCUT2D eigenvalue weighted by Crippen LogP contribution is 2.23. The summed E-state index contributed by atoms with van der Waals surface area (Å²) in [5.41, 5.74) is 0.556. The summed E-state index contributed by atoms with van der Waals surface area (Å²) in [7, 11) is 0. The number of allylic oxidation sites excluding steroid dienone is 1. The third kappa shape index (κ3) is 3.89. The second-order valence-corrected chi connectivity index (χ2v) is 4.95. The van der Waals surface area contributed by atoms with Gasteiger partial charge in [0, 0.05) is 22.1 Å². The van der Waals surface area contributed by atoms with E-state index >= 15 is 0 Å². The van der Waals surface area contributed by atoms with Crippen molar-refractivity contribution in [2.24, 2.45) is 0 Å². The monoisotopic (exact) mass is 259 g/mol. The van der Waals surface area contributed by atoms with Gasteiger partial charge in [-0.05, 0) is 24.6 Å². The van der Waals surface area contributed by atoms with Crippen LogP contribution < -0.4 is 0 Å². The SMILES string of the molecule is CSC(=CC(=O)c1ccc(Cl)nc1)SC. The number of hydrogen-bond donors (Lipinski definition) is 0. The maximum atomic E-state index is 11.7. The first-order valence-electron chi connectivity index (χ1n) is 4.13. The number of rotatable bonds is 4. The fraction of sp³-hybridized carbons (Fsp3) is 0.200. The van der Waals surface area contributed by atoms with E-state index in [4.69, 9.17) is 11.6 Å². The predicted molar refractivity (Wildman–Crippen MR) is 68.7 cm³/mol. The molecule has 0 bridgehead atoms. The Morgan fingerprint density at radius 3 is 2.53 bits per heavy atom. The van der Waals surface area contributed by atoms with E-state index in [0.29, 0.717) is 10.7 Å². The van der Waals surface area contributed by atoms with Gasteiger partial charge >= 0.3 is 0 Å². The predicted octanol–water partition coefficient (Wildman–Crippen LogP) is 3.49. The summed E-state index contributed by atoms with van der Waals surface area (Å²) in [5, 5.41) is 0.394. The molecule has 80 valence electrons. The number of pyridine rings is 1. The van der Waals surface area contributed by atoms with Crippen LogP contribution in [0.2, 0.25) is 5.15 Å². The molecular weight excluding hydrogens is 250 g/mol. The highest BCUT2D eigenvalue weighted by Gasteiger charge is 2.04. The van der Waals surface area contributed by atoms with Gasteiger partial charge in [0.05, 0.1) is 0 Å². The molecule has 1 rings (SSSR count). The maximum absolute atomic E-state index is 11.7. The van der Waals surface area contributed by atoms with Crippen molar-refractivity contribution in [3.63, 3.8) is 0 Å². The molecule has 0 spiro atoms. The Labute approximate surface area is 102 Å². The summed E-state index contributed by atoms with van der Waals surface area (Å²) >= 11 is 8.74. The lowest BCUT2D eigenvalue weighted by molar-refractivity contribution is 0.104. The van der Waals surface area contributed by atoms with Gasteiger partial charge in [-0.25, -0.2) is 4.98 Å². The zero-order chi connectivity index (χ0) is 11.3. The van der Waals surface area contributed by atoms with Crippen molar-refractivity contribution < 1.29 is 4.79 Å². The minimum Gasteiger partial charge on any atom is -0.289 e. The van der Waals surface area contributed by atoms with Crippen molar-refractivity contribution in [1.29, 1.82) is 0 Å². The quantitative estimate of drug-likeness (QED) is 0.470. The van der Waals surface area contributed by atoms with Gasteiger partial charge in [-0.1, -0.05) is 11.6 Å². The third-order valence-corrected chi connectivity index (χ3v) is 3.93. The van der Waals surface area contributed by atoms with E-state index < -0.39 is 0 Å². The molecule has 0 aliphatic carbocycles. The molecule has 0 aliphatic heterocycles.